The van der Waals surface area contributed by atoms with Crippen LogP contribution in [0.4, 0.5) is 0 Å². The van der Waals surface area contributed by atoms with Crippen molar-refractivity contribution in [3.05, 3.63) is 108 Å². The molecule has 0 amide bonds. The molecule has 9 N–H and O–H groups in total. The number of aliphatic hydroxyl groups is 3. The molecule has 222 valence electrons. The van der Waals surface area contributed by atoms with Crippen LogP contribution in [0.3, 0.4) is 0 Å². The Bertz CT molecular complexity index is 805. The lowest BCUT2D eigenvalue weighted by atomic mass is 10.0. The number of benzene rings is 3. The lowest BCUT2D eigenvalue weighted by Gasteiger charge is -2.15. The van der Waals surface area contributed by atoms with E-state index in [9.17, 15) is 15.3 Å². The summed E-state index contributed by atoms with van der Waals surface area (Å²) in [6.45, 7) is 6.03. The Morgan fingerprint density at radius 3 is 0.744 bits per heavy atom. The van der Waals surface area contributed by atoms with Gasteiger partial charge in [-0.2, -0.15) is 0 Å². The summed E-state index contributed by atoms with van der Waals surface area (Å²) in [6, 6.07) is 29.9. The average molecular weight is 879 g/mol. The lowest BCUT2D eigenvalue weighted by Crippen LogP contribution is -3.00. The molecule has 0 saturated heterocycles. The Balaban J connectivity index is -0.000000480. The quantitative estimate of drug-likeness (QED) is 0.120. The van der Waals surface area contributed by atoms with E-state index in [0.717, 1.165) is 16.7 Å². The summed E-state index contributed by atoms with van der Waals surface area (Å²) in [5.74, 6) is 0. The number of aliphatic hydroxyl groups excluding tert-OH is 3. The second-order valence-corrected chi connectivity index (χ2v) is 9.14. The van der Waals surface area contributed by atoms with Gasteiger partial charge in [0.2, 0.25) is 0 Å². The van der Waals surface area contributed by atoms with E-state index >= 15 is 0 Å². The first-order valence-electron chi connectivity index (χ1n) is 12.8. The number of hydrogen-bond donors (Lipinski definition) is 6. The highest BCUT2D eigenvalue weighted by atomic mass is 127. The average Bonchev–Trinajstić information content (AvgIpc) is 2.96. The van der Waals surface area contributed by atoms with E-state index in [1.807, 2.05) is 149 Å². The first-order valence-corrected chi connectivity index (χ1v) is 12.8. The van der Waals surface area contributed by atoms with Crippen LogP contribution in [0.15, 0.2) is 91.0 Å². The number of rotatable bonds is 9. The maximum Gasteiger partial charge on any atom is 0.130 e. The van der Waals surface area contributed by atoms with E-state index in [1.165, 1.54) is 0 Å². The monoisotopic (exact) mass is 879 g/mol. The first-order chi connectivity index (χ1) is 17.3. The number of quaternary nitrogens is 3. The van der Waals surface area contributed by atoms with E-state index in [2.05, 4.69) is 0 Å². The third-order valence-corrected chi connectivity index (χ3v) is 6.49. The third-order valence-electron chi connectivity index (χ3n) is 6.49. The molecule has 0 bridgehead atoms. The van der Waals surface area contributed by atoms with Crippen molar-refractivity contribution in [2.24, 2.45) is 0 Å². The van der Waals surface area contributed by atoms with Gasteiger partial charge in [-0.15, -0.1) is 0 Å². The zero-order chi connectivity index (χ0) is 26.9. The van der Waals surface area contributed by atoms with E-state index in [-0.39, 0.29) is 108 Å². The largest absolute Gasteiger partial charge is 1.00 e. The standard InChI is InChI=1S/3C10H15NO.3HI/c3*1-8(11-2)10(12)9-6-4-3-5-7-9;;;/h3*3-8,10-12H,1-2H3;3*1H/t3*8-,10-;;;/m111.../s1. The Hall–Kier alpha value is -0.390. The molecule has 39 heavy (non-hydrogen) atoms. The SMILES string of the molecule is C[NH2+][C@H](C)[C@@H](O)c1ccccc1.C[NH2+][C@H](C)[C@@H](O)c1ccccc1.C[NH2+][C@H](C)[C@@H](O)c1ccccc1.[I-].[I-].[I-]. The summed E-state index contributed by atoms with van der Waals surface area (Å²) in [5, 5.41) is 35.3. The highest BCUT2D eigenvalue weighted by Gasteiger charge is 2.17. The van der Waals surface area contributed by atoms with Crippen LogP contribution in [0.2, 0.25) is 0 Å². The highest BCUT2D eigenvalue weighted by Crippen LogP contribution is 2.15. The molecule has 6 atom stereocenters. The summed E-state index contributed by atoms with van der Waals surface area (Å²) >= 11 is 0. The van der Waals surface area contributed by atoms with Crippen LogP contribution in [0.1, 0.15) is 55.8 Å². The van der Waals surface area contributed by atoms with Crippen LogP contribution < -0.4 is 87.9 Å². The minimum atomic E-state index is -0.365. The first kappa shape index (κ1) is 43.1. The van der Waals surface area contributed by atoms with Crippen LogP contribution in [0, 0.1) is 0 Å². The van der Waals surface area contributed by atoms with Gasteiger partial charge in [-0.1, -0.05) is 91.0 Å². The fourth-order valence-electron chi connectivity index (χ4n) is 3.41. The summed E-state index contributed by atoms with van der Waals surface area (Å²) in [4.78, 5) is 0. The van der Waals surface area contributed by atoms with Crippen molar-refractivity contribution >= 4 is 0 Å². The van der Waals surface area contributed by atoms with Crippen molar-refractivity contribution in [1.82, 2.24) is 0 Å². The predicted octanol–water partition coefficient (Wildman–Crippen LogP) is -8.08. The number of hydrogen-bond acceptors (Lipinski definition) is 3. The molecule has 0 unspecified atom stereocenters. The zero-order valence-corrected chi connectivity index (χ0v) is 30.3. The fourth-order valence-corrected chi connectivity index (χ4v) is 3.41. The Labute approximate surface area is 286 Å². The van der Waals surface area contributed by atoms with Crippen LogP contribution in [0.25, 0.3) is 0 Å². The van der Waals surface area contributed by atoms with Crippen molar-refractivity contribution in [3.8, 4) is 0 Å². The molecule has 0 aliphatic carbocycles. The molecule has 0 radical (unpaired) electrons. The molecule has 3 rings (SSSR count). The van der Waals surface area contributed by atoms with E-state index in [4.69, 9.17) is 0 Å². The van der Waals surface area contributed by atoms with Gasteiger partial charge in [-0.25, -0.2) is 0 Å². The van der Waals surface area contributed by atoms with Crippen molar-refractivity contribution in [2.75, 3.05) is 21.1 Å². The second-order valence-electron chi connectivity index (χ2n) is 9.14. The molecule has 0 aliphatic heterocycles. The van der Waals surface area contributed by atoms with Crippen molar-refractivity contribution in [2.45, 2.75) is 57.2 Å². The van der Waals surface area contributed by atoms with Gasteiger partial charge < -0.3 is 103 Å². The Kier molecular flexibility index (Phi) is 28.0. The molecule has 9 heteroatoms. The highest BCUT2D eigenvalue weighted by molar-refractivity contribution is 5.19. The summed E-state index contributed by atoms with van der Waals surface area (Å²) < 4.78 is 0. The summed E-state index contributed by atoms with van der Waals surface area (Å²) in [6.07, 6.45) is -1.09. The third kappa shape index (κ3) is 16.6. The Morgan fingerprint density at radius 2 is 0.590 bits per heavy atom. The van der Waals surface area contributed by atoms with Gasteiger partial charge in [0, 0.05) is 0 Å². The van der Waals surface area contributed by atoms with Gasteiger partial charge in [0.1, 0.15) is 36.4 Å². The zero-order valence-electron chi connectivity index (χ0n) is 23.8. The Morgan fingerprint density at radius 1 is 0.410 bits per heavy atom. The smallest absolute Gasteiger partial charge is 0.130 e. The van der Waals surface area contributed by atoms with E-state index in [0.29, 0.717) is 0 Å². The molecule has 0 spiro atoms. The normalized spacial score (nSPS) is 14.4. The van der Waals surface area contributed by atoms with Gasteiger partial charge >= 0.3 is 0 Å². The molecular formula is C30H48I3N3O3. The van der Waals surface area contributed by atoms with Crippen molar-refractivity contribution in [1.29, 1.82) is 0 Å². The minimum absolute atomic E-state index is 0. The molecule has 0 heterocycles. The molecular weight excluding hydrogens is 831 g/mol. The van der Waals surface area contributed by atoms with Gasteiger partial charge in [0.05, 0.1) is 21.1 Å². The van der Waals surface area contributed by atoms with Crippen LogP contribution in [0.5, 0.6) is 0 Å². The van der Waals surface area contributed by atoms with E-state index in [1.54, 1.807) is 0 Å². The molecule has 0 fully saturated rings. The number of likely N-dealkylation sites (N-methyl/N-ethyl adjacent to an activating group) is 3. The van der Waals surface area contributed by atoms with Crippen molar-refractivity contribution < 1.29 is 103 Å². The molecule has 3 aromatic carbocycles. The predicted molar refractivity (Wildman–Crippen MR) is 146 cm³/mol. The molecule has 6 nitrogen and oxygen atoms in total. The lowest BCUT2D eigenvalue weighted by molar-refractivity contribution is -0.669. The number of halogens is 3. The van der Waals surface area contributed by atoms with Crippen molar-refractivity contribution in [3.63, 3.8) is 0 Å². The summed E-state index contributed by atoms with van der Waals surface area (Å²) in [7, 11) is 5.91. The maximum atomic E-state index is 9.76. The molecule has 3 aromatic rings. The fraction of sp³-hybridized carbons (Fsp3) is 0.400. The number of nitrogens with two attached hydrogens (primary N) is 3. The van der Waals surface area contributed by atoms with Crippen LogP contribution in [-0.2, 0) is 0 Å². The maximum absolute atomic E-state index is 9.76. The minimum Gasteiger partial charge on any atom is -1.00 e. The van der Waals surface area contributed by atoms with Gasteiger partial charge in [0.25, 0.3) is 0 Å². The van der Waals surface area contributed by atoms with Gasteiger partial charge in [-0.05, 0) is 37.5 Å². The summed E-state index contributed by atoms with van der Waals surface area (Å²) in [5.41, 5.74) is 2.97. The van der Waals surface area contributed by atoms with Crippen LogP contribution >= 0.6 is 0 Å². The van der Waals surface area contributed by atoms with Crippen LogP contribution in [-0.4, -0.2) is 54.6 Å². The van der Waals surface area contributed by atoms with Gasteiger partial charge in [-0.3, -0.25) is 0 Å². The molecule has 0 saturated carbocycles. The van der Waals surface area contributed by atoms with E-state index < -0.39 is 0 Å². The molecule has 0 aliphatic rings. The second kappa shape index (κ2) is 25.3. The topological polar surface area (TPSA) is 111 Å². The molecule has 0 aromatic heterocycles. The van der Waals surface area contributed by atoms with Gasteiger partial charge in [0.15, 0.2) is 0 Å².